The van der Waals surface area contributed by atoms with Gasteiger partial charge in [-0.1, -0.05) is 6.42 Å². The summed E-state index contributed by atoms with van der Waals surface area (Å²) in [4.78, 5) is 0. The summed E-state index contributed by atoms with van der Waals surface area (Å²) in [6, 6.07) is 0. The Hall–Kier alpha value is 0.464. The Labute approximate surface area is 50.3 Å². The van der Waals surface area contributed by atoms with Crippen LogP contribution in [0.1, 0.15) is 0 Å². The fourth-order valence-electron chi connectivity index (χ4n) is 0. The maximum Gasteiger partial charge on any atom is 0.103 e. The largest absolute Gasteiger partial charge is 0.462 e. The minimum Gasteiger partial charge on any atom is -0.462 e. The molecule has 0 bridgehead atoms. The minimum atomic E-state index is 0. The predicted octanol–water partition coefficient (Wildman–Crippen LogP) is -0.0529. The van der Waals surface area contributed by atoms with Gasteiger partial charge in [0.1, 0.15) is 6.11 Å². The Morgan fingerprint density at radius 2 is 1.75 bits per heavy atom. The molecule has 0 fully saturated rings. The van der Waals surface area contributed by atoms with Crippen molar-refractivity contribution in [3.8, 4) is 12.5 Å². The predicted molar refractivity (Wildman–Crippen MR) is 10.8 cm³/mol. The van der Waals surface area contributed by atoms with Crippen molar-refractivity contribution in [2.75, 3.05) is 0 Å². The molecule has 0 aliphatic rings. The van der Waals surface area contributed by atoms with Gasteiger partial charge < -0.3 is 5.11 Å². The minimum absolute atomic E-state index is 0. The molecular weight excluding hydrogens is 129 g/mol. The molecule has 1 radical (unpaired) electrons. The van der Waals surface area contributed by atoms with E-state index in [1.807, 2.05) is 0 Å². The topological polar surface area (TPSA) is 20.2 Å². The maximum absolute atomic E-state index is 7.10. The third-order valence-electron chi connectivity index (χ3n) is 0. The Kier molecular flexibility index (Phi) is 21.6. The number of rotatable bonds is 0. The quantitative estimate of drug-likeness (QED) is 0.457. The molecule has 0 heterocycles. The van der Waals surface area contributed by atoms with Crippen LogP contribution < -0.4 is 0 Å². The first-order valence-electron chi connectivity index (χ1n) is 0.512. The van der Waals surface area contributed by atoms with Gasteiger partial charge in [-0.05, 0) is 0 Å². The molecule has 0 aromatic rings. The van der Waals surface area contributed by atoms with Crippen LogP contribution in [0.3, 0.4) is 0 Å². The zero-order valence-electron chi connectivity index (χ0n) is 2.10. The van der Waals surface area contributed by atoms with Crippen molar-refractivity contribution >= 4 is 0 Å². The van der Waals surface area contributed by atoms with E-state index in [0.717, 1.165) is 0 Å². The molecule has 2 heteroatoms. The van der Waals surface area contributed by atoms with E-state index < -0.39 is 0 Å². The molecule has 0 aromatic carbocycles. The van der Waals surface area contributed by atoms with Crippen LogP contribution in [0.25, 0.3) is 0 Å². The van der Waals surface area contributed by atoms with Gasteiger partial charge in [-0.2, -0.15) is 0 Å². The van der Waals surface area contributed by atoms with Crippen LogP contribution in [0.2, 0.25) is 0 Å². The van der Waals surface area contributed by atoms with Crippen LogP contribution in [-0.4, -0.2) is 5.11 Å². The fraction of sp³-hybridized carbons (Fsp3) is 0. The SMILES string of the molecule is C#CO.[Y]. The van der Waals surface area contributed by atoms with E-state index in [1.54, 1.807) is 0 Å². The van der Waals surface area contributed by atoms with Gasteiger partial charge in [0, 0.05) is 32.7 Å². The van der Waals surface area contributed by atoms with Gasteiger partial charge in [-0.3, -0.25) is 0 Å². The van der Waals surface area contributed by atoms with Crippen LogP contribution in [0, 0.1) is 12.5 Å². The summed E-state index contributed by atoms with van der Waals surface area (Å²) >= 11 is 0. The summed E-state index contributed by atoms with van der Waals surface area (Å²) in [6.45, 7) is 0. The fourth-order valence-corrected chi connectivity index (χ4v) is 0. The van der Waals surface area contributed by atoms with Crippen LogP contribution >= 0.6 is 0 Å². The average molecular weight is 131 g/mol. The Morgan fingerprint density at radius 1 is 1.75 bits per heavy atom. The number of hydrogen-bond acceptors (Lipinski definition) is 1. The van der Waals surface area contributed by atoms with Crippen molar-refractivity contribution < 1.29 is 37.8 Å². The second-order valence-corrected chi connectivity index (χ2v) is 0.129. The van der Waals surface area contributed by atoms with E-state index in [2.05, 4.69) is 6.42 Å². The van der Waals surface area contributed by atoms with E-state index in [9.17, 15) is 0 Å². The van der Waals surface area contributed by atoms with Crippen LogP contribution in [-0.2, 0) is 32.7 Å². The molecule has 0 unspecified atom stereocenters. The first kappa shape index (κ1) is 8.82. The van der Waals surface area contributed by atoms with E-state index in [-0.39, 0.29) is 32.7 Å². The molecule has 0 aromatic heterocycles. The zero-order valence-corrected chi connectivity index (χ0v) is 4.94. The molecule has 0 spiro atoms. The van der Waals surface area contributed by atoms with Gasteiger partial charge in [0.2, 0.25) is 0 Å². The molecule has 0 saturated heterocycles. The van der Waals surface area contributed by atoms with Gasteiger partial charge >= 0.3 is 0 Å². The molecule has 1 nitrogen and oxygen atoms in total. The first-order chi connectivity index (χ1) is 1.41. The van der Waals surface area contributed by atoms with Crippen molar-refractivity contribution in [2.24, 2.45) is 0 Å². The van der Waals surface area contributed by atoms with E-state index in [0.29, 0.717) is 0 Å². The van der Waals surface area contributed by atoms with E-state index in [1.165, 1.54) is 6.11 Å². The molecule has 1 N–H and O–H groups in total. The molecule has 0 rings (SSSR count). The van der Waals surface area contributed by atoms with Crippen LogP contribution in [0.4, 0.5) is 0 Å². The van der Waals surface area contributed by atoms with Crippen molar-refractivity contribution in [1.29, 1.82) is 0 Å². The standard InChI is InChI=1S/C2H2O.Y/c1-2-3;/h1,3H;. The molecule has 0 saturated carbocycles. The Morgan fingerprint density at radius 3 is 1.75 bits per heavy atom. The number of aliphatic hydroxyl groups is 1. The van der Waals surface area contributed by atoms with Crippen molar-refractivity contribution in [3.63, 3.8) is 0 Å². The zero-order chi connectivity index (χ0) is 2.71. The van der Waals surface area contributed by atoms with Gasteiger partial charge in [0.05, 0.1) is 0 Å². The smallest absolute Gasteiger partial charge is 0.103 e. The summed E-state index contributed by atoms with van der Waals surface area (Å²) < 4.78 is 0. The van der Waals surface area contributed by atoms with E-state index >= 15 is 0 Å². The molecule has 0 atom stereocenters. The second kappa shape index (κ2) is 9.81. The summed E-state index contributed by atoms with van der Waals surface area (Å²) in [6.07, 6.45) is 5.40. The number of aliphatic hydroxyl groups excluding tert-OH is 1. The first-order valence-corrected chi connectivity index (χ1v) is 0.512. The monoisotopic (exact) mass is 131 g/mol. The molecule has 0 aliphatic carbocycles. The van der Waals surface area contributed by atoms with Crippen molar-refractivity contribution in [1.82, 2.24) is 0 Å². The van der Waals surface area contributed by atoms with Gasteiger partial charge in [-0.15, -0.1) is 0 Å². The van der Waals surface area contributed by atoms with Gasteiger partial charge in [-0.25, -0.2) is 0 Å². The molecule has 0 amide bonds. The van der Waals surface area contributed by atoms with Crippen molar-refractivity contribution in [3.05, 3.63) is 0 Å². The van der Waals surface area contributed by atoms with Gasteiger partial charge in [0.25, 0.3) is 0 Å². The summed E-state index contributed by atoms with van der Waals surface area (Å²) in [5, 5.41) is 7.10. The molecule has 19 valence electrons. The number of hydrogen-bond donors (Lipinski definition) is 1. The van der Waals surface area contributed by atoms with Crippen molar-refractivity contribution in [2.45, 2.75) is 0 Å². The number of terminal acetylenes is 1. The third-order valence-corrected chi connectivity index (χ3v) is 0. The Bertz CT molecular complexity index is 27.5. The third kappa shape index (κ3) is 24.5. The average Bonchev–Trinajstić information content (AvgIpc) is 0.918. The summed E-state index contributed by atoms with van der Waals surface area (Å²) in [5.74, 6) is 0. The molecule has 4 heavy (non-hydrogen) atoms. The summed E-state index contributed by atoms with van der Waals surface area (Å²) in [7, 11) is 0. The maximum atomic E-state index is 7.10. The van der Waals surface area contributed by atoms with Crippen LogP contribution in [0.5, 0.6) is 0 Å². The second-order valence-electron chi connectivity index (χ2n) is 0.129. The summed E-state index contributed by atoms with van der Waals surface area (Å²) in [5.41, 5.74) is 0. The molecule has 0 aliphatic heterocycles. The Balaban J connectivity index is 0. The molecular formula is C2H2OY. The van der Waals surface area contributed by atoms with Gasteiger partial charge in [0.15, 0.2) is 0 Å². The van der Waals surface area contributed by atoms with Crippen LogP contribution in [0.15, 0.2) is 0 Å². The van der Waals surface area contributed by atoms with E-state index in [4.69, 9.17) is 5.11 Å². The normalized spacial score (nSPS) is 1.75.